The zero-order chi connectivity index (χ0) is 8.81. The molecule has 0 unspecified atom stereocenters. The number of hydrogen-bond donors (Lipinski definition) is 1. The van der Waals surface area contributed by atoms with E-state index in [9.17, 15) is 4.79 Å². The number of amides is 1. The van der Waals surface area contributed by atoms with Gasteiger partial charge in [0.25, 0.3) is 0 Å². The molecule has 70 valence electrons. The van der Waals surface area contributed by atoms with Gasteiger partial charge in [-0.1, -0.05) is 0 Å². The Labute approximate surface area is 73.4 Å². The molecule has 1 aliphatic heterocycles. The molecule has 1 heterocycles. The molecule has 0 aliphatic carbocycles. The van der Waals surface area contributed by atoms with Crippen molar-refractivity contribution in [1.29, 1.82) is 0 Å². The highest BCUT2D eigenvalue weighted by Gasteiger charge is 2.18. The molecule has 0 atom stereocenters. The first kappa shape index (κ1) is 9.52. The van der Waals surface area contributed by atoms with E-state index in [1.54, 1.807) is 0 Å². The molecule has 3 nitrogen and oxygen atoms in total. The Morgan fingerprint density at radius 1 is 1.33 bits per heavy atom. The van der Waals surface area contributed by atoms with Crippen LogP contribution in [-0.4, -0.2) is 35.6 Å². The maximum absolute atomic E-state index is 11.1. The summed E-state index contributed by atoms with van der Waals surface area (Å²) in [5.41, 5.74) is 0. The summed E-state index contributed by atoms with van der Waals surface area (Å²) >= 11 is 0. The Balaban J connectivity index is 2.02. The first-order chi connectivity index (χ1) is 5.84. The van der Waals surface area contributed by atoms with Crippen LogP contribution in [0.1, 0.15) is 32.1 Å². The third-order valence-corrected chi connectivity index (χ3v) is 2.26. The Morgan fingerprint density at radius 3 is 2.75 bits per heavy atom. The second-order valence-electron chi connectivity index (χ2n) is 3.27. The molecule has 1 N–H and O–H groups in total. The van der Waals surface area contributed by atoms with E-state index >= 15 is 0 Å². The normalized spacial score (nSPS) is 17.4. The Hall–Kier alpha value is -0.570. The van der Waals surface area contributed by atoms with E-state index in [2.05, 4.69) is 0 Å². The van der Waals surface area contributed by atoms with E-state index in [-0.39, 0.29) is 6.61 Å². The van der Waals surface area contributed by atoms with Gasteiger partial charge in [-0.05, 0) is 25.7 Å². The van der Waals surface area contributed by atoms with Crippen LogP contribution in [-0.2, 0) is 4.79 Å². The molecule has 0 bridgehead atoms. The first-order valence-corrected chi connectivity index (χ1v) is 4.73. The molecule has 0 aromatic carbocycles. The van der Waals surface area contributed by atoms with E-state index in [0.717, 1.165) is 45.2 Å². The van der Waals surface area contributed by atoms with Crippen molar-refractivity contribution >= 4 is 5.91 Å². The lowest BCUT2D eigenvalue weighted by Gasteiger charge is -2.14. The fourth-order valence-electron chi connectivity index (χ4n) is 1.53. The summed E-state index contributed by atoms with van der Waals surface area (Å²) in [4.78, 5) is 13.0. The number of rotatable bonds is 5. The SMILES string of the molecule is O=C1CCCN1CCCCCO. The molecule has 0 aromatic rings. The van der Waals surface area contributed by atoms with Crippen LogP contribution in [0, 0.1) is 0 Å². The lowest BCUT2D eigenvalue weighted by atomic mass is 10.2. The van der Waals surface area contributed by atoms with Crippen LogP contribution in [0.25, 0.3) is 0 Å². The van der Waals surface area contributed by atoms with E-state index in [0.29, 0.717) is 5.91 Å². The number of aliphatic hydroxyl groups is 1. The molecule has 12 heavy (non-hydrogen) atoms. The fourth-order valence-corrected chi connectivity index (χ4v) is 1.53. The minimum Gasteiger partial charge on any atom is -0.396 e. The fraction of sp³-hybridized carbons (Fsp3) is 0.889. The summed E-state index contributed by atoms with van der Waals surface area (Å²) in [5.74, 6) is 0.305. The van der Waals surface area contributed by atoms with Gasteiger partial charge in [-0.2, -0.15) is 0 Å². The largest absolute Gasteiger partial charge is 0.396 e. The third kappa shape index (κ3) is 2.81. The standard InChI is InChI=1S/C9H17NO2/c11-8-3-1-2-6-10-7-4-5-9(10)12/h11H,1-8H2. The van der Waals surface area contributed by atoms with Gasteiger partial charge in [0, 0.05) is 26.1 Å². The van der Waals surface area contributed by atoms with E-state index in [1.165, 1.54) is 0 Å². The quantitative estimate of drug-likeness (QED) is 0.621. The van der Waals surface area contributed by atoms with Crippen molar-refractivity contribution in [1.82, 2.24) is 4.90 Å². The minimum atomic E-state index is 0.272. The molecule has 1 rings (SSSR count). The van der Waals surface area contributed by atoms with Crippen LogP contribution >= 0.6 is 0 Å². The highest BCUT2D eigenvalue weighted by Crippen LogP contribution is 2.10. The molecule has 0 saturated carbocycles. The summed E-state index contributed by atoms with van der Waals surface area (Å²) in [6.07, 6.45) is 4.69. The van der Waals surface area contributed by atoms with Crippen molar-refractivity contribution in [2.75, 3.05) is 19.7 Å². The molecule has 3 heteroatoms. The van der Waals surface area contributed by atoms with Crippen molar-refractivity contribution in [3.8, 4) is 0 Å². The van der Waals surface area contributed by atoms with Crippen molar-refractivity contribution in [3.05, 3.63) is 0 Å². The smallest absolute Gasteiger partial charge is 0.222 e. The number of likely N-dealkylation sites (tertiary alicyclic amines) is 1. The van der Waals surface area contributed by atoms with Gasteiger partial charge in [-0.25, -0.2) is 0 Å². The molecule has 0 aromatic heterocycles. The van der Waals surface area contributed by atoms with Crippen LogP contribution in [0.4, 0.5) is 0 Å². The number of carbonyl (C=O) groups excluding carboxylic acids is 1. The first-order valence-electron chi connectivity index (χ1n) is 4.73. The van der Waals surface area contributed by atoms with Crippen LogP contribution in [0.5, 0.6) is 0 Å². The summed E-state index contributed by atoms with van der Waals surface area (Å²) in [6.45, 7) is 2.10. The molecule has 1 amide bonds. The van der Waals surface area contributed by atoms with Crippen molar-refractivity contribution in [2.24, 2.45) is 0 Å². The predicted molar refractivity (Wildman–Crippen MR) is 46.8 cm³/mol. The topological polar surface area (TPSA) is 40.5 Å². The van der Waals surface area contributed by atoms with Crippen molar-refractivity contribution in [2.45, 2.75) is 32.1 Å². The second kappa shape index (κ2) is 5.14. The van der Waals surface area contributed by atoms with Gasteiger partial charge in [0.1, 0.15) is 0 Å². The van der Waals surface area contributed by atoms with E-state index < -0.39 is 0 Å². The summed E-state index contributed by atoms with van der Waals surface area (Å²) in [6, 6.07) is 0. The summed E-state index contributed by atoms with van der Waals surface area (Å²) in [5, 5.41) is 8.53. The van der Waals surface area contributed by atoms with E-state index in [1.807, 2.05) is 4.90 Å². The summed E-state index contributed by atoms with van der Waals surface area (Å²) < 4.78 is 0. The highest BCUT2D eigenvalue weighted by molar-refractivity contribution is 5.77. The Bertz CT molecular complexity index is 147. The average molecular weight is 171 g/mol. The van der Waals surface area contributed by atoms with Crippen LogP contribution < -0.4 is 0 Å². The van der Waals surface area contributed by atoms with Gasteiger partial charge in [0.05, 0.1) is 0 Å². The lowest BCUT2D eigenvalue weighted by Crippen LogP contribution is -2.25. The minimum absolute atomic E-state index is 0.272. The van der Waals surface area contributed by atoms with E-state index in [4.69, 9.17) is 5.11 Å². The monoisotopic (exact) mass is 171 g/mol. The molecule has 0 spiro atoms. The van der Waals surface area contributed by atoms with Crippen molar-refractivity contribution < 1.29 is 9.90 Å². The van der Waals surface area contributed by atoms with Gasteiger partial charge in [-0.15, -0.1) is 0 Å². The molecule has 0 radical (unpaired) electrons. The second-order valence-corrected chi connectivity index (χ2v) is 3.27. The predicted octanol–water partition coefficient (Wildman–Crippen LogP) is 0.771. The lowest BCUT2D eigenvalue weighted by molar-refractivity contribution is -0.127. The molecule has 1 aliphatic rings. The van der Waals surface area contributed by atoms with Gasteiger partial charge >= 0.3 is 0 Å². The van der Waals surface area contributed by atoms with Crippen LogP contribution in [0.2, 0.25) is 0 Å². The third-order valence-electron chi connectivity index (χ3n) is 2.26. The van der Waals surface area contributed by atoms with Crippen molar-refractivity contribution in [3.63, 3.8) is 0 Å². The average Bonchev–Trinajstić information content (AvgIpc) is 2.46. The van der Waals surface area contributed by atoms with Gasteiger partial charge in [0.2, 0.25) is 5.91 Å². The number of unbranched alkanes of at least 4 members (excludes halogenated alkanes) is 2. The zero-order valence-electron chi connectivity index (χ0n) is 7.46. The Morgan fingerprint density at radius 2 is 2.17 bits per heavy atom. The molecule has 1 saturated heterocycles. The zero-order valence-corrected chi connectivity index (χ0v) is 7.46. The van der Waals surface area contributed by atoms with Crippen LogP contribution in [0.3, 0.4) is 0 Å². The number of carbonyl (C=O) groups is 1. The van der Waals surface area contributed by atoms with Gasteiger partial charge < -0.3 is 10.0 Å². The number of hydrogen-bond acceptors (Lipinski definition) is 2. The van der Waals surface area contributed by atoms with Gasteiger partial charge in [0.15, 0.2) is 0 Å². The van der Waals surface area contributed by atoms with Gasteiger partial charge in [-0.3, -0.25) is 4.79 Å². The molecule has 1 fully saturated rings. The molecular formula is C9H17NO2. The Kier molecular flexibility index (Phi) is 4.08. The maximum atomic E-state index is 11.1. The molecular weight excluding hydrogens is 154 g/mol. The highest BCUT2D eigenvalue weighted by atomic mass is 16.2. The number of nitrogens with zero attached hydrogens (tertiary/aromatic N) is 1. The summed E-state index contributed by atoms with van der Waals surface area (Å²) in [7, 11) is 0. The maximum Gasteiger partial charge on any atom is 0.222 e. The van der Waals surface area contributed by atoms with Crippen LogP contribution in [0.15, 0.2) is 0 Å². The number of aliphatic hydroxyl groups excluding tert-OH is 1.